The lowest BCUT2D eigenvalue weighted by Gasteiger charge is -2.20. The number of thioether (sulfide) groups is 1. The summed E-state index contributed by atoms with van der Waals surface area (Å²) in [5, 5.41) is 29.8. The van der Waals surface area contributed by atoms with Crippen LogP contribution in [0.15, 0.2) is 29.3 Å². The third-order valence-electron chi connectivity index (χ3n) is 4.05. The van der Waals surface area contributed by atoms with Crippen LogP contribution >= 0.6 is 11.8 Å². The molecule has 152 valence electrons. The summed E-state index contributed by atoms with van der Waals surface area (Å²) in [6.45, 7) is 0.108. The molecule has 0 fully saturated rings. The lowest BCUT2D eigenvalue weighted by atomic mass is 10.2. The molecule has 0 bridgehead atoms. The van der Waals surface area contributed by atoms with Crippen molar-refractivity contribution in [3.05, 3.63) is 41.3 Å². The minimum absolute atomic E-state index is 0.00379. The van der Waals surface area contributed by atoms with Crippen LogP contribution < -0.4 is 0 Å². The van der Waals surface area contributed by atoms with Gasteiger partial charge in [-0.3, -0.25) is 14.4 Å². The molecule has 3 N–H and O–H groups in total. The fourth-order valence-electron chi connectivity index (χ4n) is 2.62. The summed E-state index contributed by atoms with van der Waals surface area (Å²) in [5.74, 6) is -3.24. The third-order valence-corrected chi connectivity index (χ3v) is 4.87. The second kappa shape index (κ2) is 9.47. The van der Waals surface area contributed by atoms with Crippen LogP contribution in [0.25, 0.3) is 0 Å². The molecule has 0 saturated heterocycles. The van der Waals surface area contributed by atoms with Crippen LogP contribution in [0.3, 0.4) is 0 Å². The van der Waals surface area contributed by atoms with Crippen molar-refractivity contribution in [2.45, 2.75) is 30.8 Å². The Labute approximate surface area is 165 Å². The Bertz CT molecular complexity index is 870. The van der Waals surface area contributed by atoms with Crippen molar-refractivity contribution in [3.63, 3.8) is 0 Å². The van der Waals surface area contributed by atoms with Crippen LogP contribution in [0, 0.1) is 5.82 Å². The average molecular weight is 412 g/mol. The highest BCUT2D eigenvalue weighted by Gasteiger charge is 2.26. The van der Waals surface area contributed by atoms with Crippen molar-refractivity contribution in [3.8, 4) is 11.6 Å². The number of hydrogen-bond acceptors (Lipinski definition) is 6. The highest BCUT2D eigenvalue weighted by Crippen LogP contribution is 2.33. The Morgan fingerprint density at radius 1 is 1.32 bits per heavy atom. The molecule has 1 amide bonds. The molecule has 2 rings (SSSR count). The summed E-state index contributed by atoms with van der Waals surface area (Å²) in [6, 6.07) is 4.16. The van der Waals surface area contributed by atoms with E-state index in [2.05, 4.69) is 0 Å². The molecular formula is C18H21FN2O6S. The SMILES string of the molecule is CON(Cc1ccc(F)cc1SC)C(=O)c1cn(CCCC(=O)O)c(O)c1O. The smallest absolute Gasteiger partial charge is 0.303 e. The van der Waals surface area contributed by atoms with Gasteiger partial charge in [-0.1, -0.05) is 6.07 Å². The summed E-state index contributed by atoms with van der Waals surface area (Å²) in [5.41, 5.74) is 0.455. The molecule has 0 aliphatic heterocycles. The number of hydrogen-bond donors (Lipinski definition) is 3. The number of carboxylic acid groups (broad SMARTS) is 1. The van der Waals surface area contributed by atoms with Crippen molar-refractivity contribution >= 4 is 23.6 Å². The first kappa shape index (κ1) is 21.6. The molecule has 28 heavy (non-hydrogen) atoms. The Morgan fingerprint density at radius 3 is 2.64 bits per heavy atom. The van der Waals surface area contributed by atoms with E-state index in [1.54, 1.807) is 6.26 Å². The lowest BCUT2D eigenvalue weighted by Crippen LogP contribution is -2.29. The number of rotatable bonds is 9. The van der Waals surface area contributed by atoms with E-state index in [1.165, 1.54) is 47.8 Å². The van der Waals surface area contributed by atoms with Crippen LogP contribution in [0.2, 0.25) is 0 Å². The average Bonchev–Trinajstić information content (AvgIpc) is 2.94. The van der Waals surface area contributed by atoms with E-state index in [0.717, 1.165) is 5.06 Å². The molecule has 0 saturated carbocycles. The van der Waals surface area contributed by atoms with Gasteiger partial charge in [0.2, 0.25) is 5.88 Å². The van der Waals surface area contributed by atoms with Gasteiger partial charge in [-0.25, -0.2) is 9.45 Å². The molecule has 1 heterocycles. The number of aromatic nitrogens is 1. The number of benzene rings is 1. The maximum atomic E-state index is 13.4. The normalized spacial score (nSPS) is 10.8. The van der Waals surface area contributed by atoms with Crippen LogP contribution in [-0.4, -0.2) is 50.2 Å². The molecule has 1 aromatic heterocycles. The number of halogens is 1. The zero-order chi connectivity index (χ0) is 20.8. The van der Waals surface area contributed by atoms with Gasteiger partial charge in [0.05, 0.1) is 13.7 Å². The summed E-state index contributed by atoms with van der Waals surface area (Å²) < 4.78 is 14.6. The minimum Gasteiger partial charge on any atom is -0.503 e. The summed E-state index contributed by atoms with van der Waals surface area (Å²) in [7, 11) is 1.28. The molecule has 0 aliphatic rings. The molecule has 2 aromatic rings. The number of amides is 1. The van der Waals surface area contributed by atoms with Crippen molar-refractivity contribution in [2.75, 3.05) is 13.4 Å². The number of hydroxylamine groups is 2. The molecule has 0 spiro atoms. The molecule has 0 aliphatic carbocycles. The number of aliphatic carboxylic acids is 1. The molecule has 0 radical (unpaired) electrons. The Kier molecular flexibility index (Phi) is 7.30. The number of aryl methyl sites for hydroxylation is 1. The van der Waals surface area contributed by atoms with Crippen molar-refractivity contribution in [2.24, 2.45) is 0 Å². The van der Waals surface area contributed by atoms with Gasteiger partial charge in [0, 0.05) is 24.1 Å². The quantitative estimate of drug-likeness (QED) is 0.429. The number of carbonyl (C=O) groups excluding carboxylic acids is 1. The monoisotopic (exact) mass is 412 g/mol. The maximum absolute atomic E-state index is 13.4. The van der Waals surface area contributed by atoms with E-state index in [4.69, 9.17) is 9.94 Å². The fourth-order valence-corrected chi connectivity index (χ4v) is 3.24. The van der Waals surface area contributed by atoms with Crippen LogP contribution in [0.4, 0.5) is 4.39 Å². The fraction of sp³-hybridized carbons (Fsp3) is 0.333. The van der Waals surface area contributed by atoms with Gasteiger partial charge in [0.1, 0.15) is 11.4 Å². The number of nitrogens with zero attached hydrogens (tertiary/aromatic N) is 2. The van der Waals surface area contributed by atoms with Gasteiger partial charge < -0.3 is 19.9 Å². The topological polar surface area (TPSA) is 112 Å². The van der Waals surface area contributed by atoms with E-state index >= 15 is 0 Å². The Balaban J connectivity index is 2.22. The second-order valence-electron chi connectivity index (χ2n) is 5.89. The van der Waals surface area contributed by atoms with Crippen LogP contribution in [0.5, 0.6) is 11.6 Å². The van der Waals surface area contributed by atoms with Gasteiger partial charge in [-0.05, 0) is 30.4 Å². The van der Waals surface area contributed by atoms with Gasteiger partial charge in [0.25, 0.3) is 5.91 Å². The molecule has 10 heteroatoms. The zero-order valence-electron chi connectivity index (χ0n) is 15.4. The van der Waals surface area contributed by atoms with Crippen LogP contribution in [-0.2, 0) is 22.7 Å². The van der Waals surface area contributed by atoms with E-state index in [9.17, 15) is 24.2 Å². The summed E-state index contributed by atoms with van der Waals surface area (Å²) in [4.78, 5) is 29.1. The number of aromatic hydroxyl groups is 2. The minimum atomic E-state index is -0.985. The first-order valence-electron chi connectivity index (χ1n) is 8.29. The first-order valence-corrected chi connectivity index (χ1v) is 9.52. The Hall–Kier alpha value is -2.72. The second-order valence-corrected chi connectivity index (χ2v) is 6.73. The molecule has 1 aromatic carbocycles. The summed E-state index contributed by atoms with van der Waals surface area (Å²) >= 11 is 1.32. The van der Waals surface area contributed by atoms with E-state index in [1.807, 2.05) is 0 Å². The molecule has 0 atom stereocenters. The number of carboxylic acids is 1. The highest BCUT2D eigenvalue weighted by molar-refractivity contribution is 7.98. The van der Waals surface area contributed by atoms with Crippen LogP contribution in [0.1, 0.15) is 28.8 Å². The van der Waals surface area contributed by atoms with Gasteiger partial charge in [-0.15, -0.1) is 11.8 Å². The maximum Gasteiger partial charge on any atom is 0.303 e. The van der Waals surface area contributed by atoms with E-state index in [0.29, 0.717) is 10.5 Å². The Morgan fingerprint density at radius 2 is 2.04 bits per heavy atom. The molecule has 0 unspecified atom stereocenters. The van der Waals surface area contributed by atoms with Gasteiger partial charge in [-0.2, -0.15) is 0 Å². The largest absolute Gasteiger partial charge is 0.503 e. The van der Waals surface area contributed by atoms with E-state index < -0.39 is 29.3 Å². The van der Waals surface area contributed by atoms with E-state index in [-0.39, 0.29) is 31.5 Å². The third kappa shape index (κ3) is 4.96. The standard InChI is InChI=1S/C18H21FN2O6S/c1-27-21(9-11-5-6-12(19)8-14(11)28-2)17(25)13-10-20(18(26)16(13)24)7-3-4-15(22)23/h5-6,8,10,24,26H,3-4,7,9H2,1-2H3,(H,22,23). The van der Waals surface area contributed by atoms with Gasteiger partial charge in [0.15, 0.2) is 5.75 Å². The molecule has 8 nitrogen and oxygen atoms in total. The van der Waals surface area contributed by atoms with Crippen molar-refractivity contribution in [1.29, 1.82) is 0 Å². The first-order chi connectivity index (χ1) is 13.3. The predicted molar refractivity (Wildman–Crippen MR) is 99.7 cm³/mol. The highest BCUT2D eigenvalue weighted by atomic mass is 32.2. The van der Waals surface area contributed by atoms with Crippen molar-refractivity contribution < 1.29 is 34.1 Å². The molecular weight excluding hydrogens is 391 g/mol. The van der Waals surface area contributed by atoms with Crippen molar-refractivity contribution in [1.82, 2.24) is 9.63 Å². The zero-order valence-corrected chi connectivity index (χ0v) is 16.2. The predicted octanol–water partition coefficient (Wildman–Crippen LogP) is 2.83. The van der Waals surface area contributed by atoms with Gasteiger partial charge >= 0.3 is 5.97 Å². The number of carbonyl (C=O) groups is 2. The lowest BCUT2D eigenvalue weighted by molar-refractivity contribution is -0.137. The summed E-state index contributed by atoms with van der Waals surface area (Å²) in [6.07, 6.45) is 3.11.